The third kappa shape index (κ3) is 1.64. The summed E-state index contributed by atoms with van der Waals surface area (Å²) in [5.74, 6) is -0.0997. The molecule has 0 aliphatic carbocycles. The van der Waals surface area contributed by atoms with Crippen molar-refractivity contribution in [3.8, 4) is 11.5 Å². The number of nitroso groups, excluding NO2 is 1. The smallest absolute Gasteiger partial charge is 0.153 e. The second-order valence-corrected chi connectivity index (χ2v) is 2.29. The summed E-state index contributed by atoms with van der Waals surface area (Å²) in [5.41, 5.74) is -0.00204. The van der Waals surface area contributed by atoms with E-state index in [0.29, 0.717) is 6.29 Å². The molecule has 0 aliphatic rings. The second-order valence-electron chi connectivity index (χ2n) is 2.29. The third-order valence-corrected chi connectivity index (χ3v) is 1.55. The monoisotopic (exact) mass is 181 g/mol. The Hall–Kier alpha value is -1.91. The molecule has 13 heavy (non-hydrogen) atoms. The predicted octanol–water partition coefficient (Wildman–Crippen LogP) is 1.61. The summed E-state index contributed by atoms with van der Waals surface area (Å²) in [7, 11) is 1.34. The van der Waals surface area contributed by atoms with Crippen LogP contribution in [0.2, 0.25) is 0 Å². The van der Waals surface area contributed by atoms with Crippen molar-refractivity contribution in [2.45, 2.75) is 0 Å². The highest BCUT2D eigenvalue weighted by molar-refractivity contribution is 5.82. The standard InChI is InChI=1S/C8H7NO4/c1-13-8-3-7(11)5(4-10)2-6(8)9-12/h2-4,11H,1H3. The minimum absolute atomic E-state index is 0.00963. The fraction of sp³-hybridized carbons (Fsp3) is 0.125. The quantitative estimate of drug-likeness (QED) is 0.567. The molecule has 1 N–H and O–H groups in total. The molecule has 0 unspecified atom stereocenters. The number of rotatable bonds is 3. The fourth-order valence-corrected chi connectivity index (χ4v) is 0.903. The van der Waals surface area contributed by atoms with Gasteiger partial charge in [-0.25, -0.2) is 0 Å². The molecule has 5 nitrogen and oxygen atoms in total. The summed E-state index contributed by atoms with van der Waals surface area (Å²) in [4.78, 5) is 20.6. The number of hydrogen-bond donors (Lipinski definition) is 1. The Bertz CT molecular complexity index is 348. The van der Waals surface area contributed by atoms with Gasteiger partial charge in [-0.3, -0.25) is 4.79 Å². The van der Waals surface area contributed by atoms with Crippen molar-refractivity contribution in [1.82, 2.24) is 0 Å². The highest BCUT2D eigenvalue weighted by Crippen LogP contribution is 2.33. The first-order valence-corrected chi connectivity index (χ1v) is 3.42. The van der Waals surface area contributed by atoms with Gasteiger partial charge in [0.15, 0.2) is 17.7 Å². The molecule has 0 atom stereocenters. The highest BCUT2D eigenvalue weighted by Gasteiger charge is 2.09. The van der Waals surface area contributed by atoms with E-state index in [1.54, 1.807) is 0 Å². The van der Waals surface area contributed by atoms with Crippen molar-refractivity contribution < 1.29 is 14.6 Å². The van der Waals surface area contributed by atoms with E-state index in [9.17, 15) is 14.8 Å². The number of carbonyl (C=O) groups excluding carboxylic acids is 1. The fourth-order valence-electron chi connectivity index (χ4n) is 0.903. The molecule has 0 aliphatic heterocycles. The van der Waals surface area contributed by atoms with Crippen molar-refractivity contribution in [3.05, 3.63) is 22.6 Å². The van der Waals surface area contributed by atoms with Crippen LogP contribution in [-0.2, 0) is 0 Å². The van der Waals surface area contributed by atoms with Crippen LogP contribution in [0, 0.1) is 4.91 Å². The molecule has 0 fully saturated rings. The number of nitrogens with zero attached hydrogens (tertiary/aromatic N) is 1. The van der Waals surface area contributed by atoms with Crippen molar-refractivity contribution in [2.75, 3.05) is 7.11 Å². The van der Waals surface area contributed by atoms with E-state index in [0.717, 1.165) is 6.07 Å². The van der Waals surface area contributed by atoms with Crippen molar-refractivity contribution >= 4 is 12.0 Å². The van der Waals surface area contributed by atoms with Gasteiger partial charge in [0.1, 0.15) is 5.75 Å². The van der Waals surface area contributed by atoms with Crippen LogP contribution in [-0.4, -0.2) is 18.5 Å². The van der Waals surface area contributed by atoms with Gasteiger partial charge in [-0.1, -0.05) is 0 Å². The molecule has 0 spiro atoms. The molecule has 0 bridgehead atoms. The van der Waals surface area contributed by atoms with Crippen molar-refractivity contribution in [3.63, 3.8) is 0 Å². The van der Waals surface area contributed by atoms with Crippen LogP contribution >= 0.6 is 0 Å². The van der Waals surface area contributed by atoms with Crippen LogP contribution in [0.1, 0.15) is 10.4 Å². The van der Waals surface area contributed by atoms with Crippen LogP contribution in [0.4, 0.5) is 5.69 Å². The molecule has 0 radical (unpaired) electrons. The minimum atomic E-state index is -0.237. The maximum absolute atomic E-state index is 10.4. The van der Waals surface area contributed by atoms with Gasteiger partial charge in [0.25, 0.3) is 0 Å². The first-order chi connectivity index (χ1) is 6.22. The van der Waals surface area contributed by atoms with E-state index in [1.165, 1.54) is 13.2 Å². The zero-order valence-electron chi connectivity index (χ0n) is 6.85. The van der Waals surface area contributed by atoms with Gasteiger partial charge < -0.3 is 9.84 Å². The normalized spacial score (nSPS) is 9.31. The first-order valence-electron chi connectivity index (χ1n) is 3.42. The molecule has 68 valence electrons. The topological polar surface area (TPSA) is 76.0 Å². The highest BCUT2D eigenvalue weighted by atomic mass is 16.5. The molecule has 1 aromatic rings. The van der Waals surface area contributed by atoms with E-state index >= 15 is 0 Å². The molecule has 0 saturated carbocycles. The number of aldehydes is 1. The summed E-state index contributed by atoms with van der Waals surface area (Å²) in [5, 5.41) is 11.8. The molecule has 0 heterocycles. The van der Waals surface area contributed by atoms with E-state index < -0.39 is 0 Å². The molecule has 0 aromatic heterocycles. The number of aromatic hydroxyl groups is 1. The van der Waals surface area contributed by atoms with Crippen molar-refractivity contribution in [2.24, 2.45) is 5.18 Å². The number of phenols is 1. The van der Waals surface area contributed by atoms with Crippen LogP contribution in [0.25, 0.3) is 0 Å². The minimum Gasteiger partial charge on any atom is -0.507 e. The van der Waals surface area contributed by atoms with Gasteiger partial charge in [0.05, 0.1) is 12.7 Å². The number of methoxy groups -OCH3 is 1. The second kappa shape index (κ2) is 3.66. The molecule has 1 aromatic carbocycles. The molecule has 0 saturated heterocycles. The van der Waals surface area contributed by atoms with Gasteiger partial charge in [-0.05, 0) is 11.2 Å². The Morgan fingerprint density at radius 2 is 2.23 bits per heavy atom. The van der Waals surface area contributed by atoms with Gasteiger partial charge in [0.2, 0.25) is 0 Å². The SMILES string of the molecule is COc1cc(O)c(C=O)cc1N=O. The number of ether oxygens (including phenoxy) is 1. The first kappa shape index (κ1) is 9.18. The molecular formula is C8H7NO4. The zero-order chi connectivity index (χ0) is 9.84. The maximum Gasteiger partial charge on any atom is 0.153 e. The number of benzene rings is 1. The Morgan fingerprint density at radius 3 is 2.69 bits per heavy atom. The average Bonchev–Trinajstić information content (AvgIpc) is 2.17. The number of carbonyl (C=O) groups is 1. The lowest BCUT2D eigenvalue weighted by molar-refractivity contribution is 0.112. The van der Waals surface area contributed by atoms with E-state index in [4.69, 9.17) is 4.74 Å². The van der Waals surface area contributed by atoms with Gasteiger partial charge in [-0.15, -0.1) is 4.91 Å². The Morgan fingerprint density at radius 1 is 1.54 bits per heavy atom. The van der Waals surface area contributed by atoms with E-state index in [2.05, 4.69) is 5.18 Å². The van der Waals surface area contributed by atoms with E-state index in [1.807, 2.05) is 0 Å². The summed E-state index contributed by atoms with van der Waals surface area (Å²) in [6.07, 6.45) is 0.434. The Labute approximate surface area is 73.9 Å². The van der Waals surface area contributed by atoms with Gasteiger partial charge >= 0.3 is 0 Å². The molecule has 0 amide bonds. The zero-order valence-corrected chi connectivity index (χ0v) is 6.85. The predicted molar refractivity (Wildman–Crippen MR) is 45.5 cm³/mol. The lowest BCUT2D eigenvalue weighted by Gasteiger charge is -2.03. The lowest BCUT2D eigenvalue weighted by atomic mass is 10.2. The van der Waals surface area contributed by atoms with Crippen LogP contribution in [0.15, 0.2) is 17.3 Å². The summed E-state index contributed by atoms with van der Waals surface area (Å²) >= 11 is 0. The third-order valence-electron chi connectivity index (χ3n) is 1.55. The van der Waals surface area contributed by atoms with Crippen LogP contribution in [0.5, 0.6) is 11.5 Å². The lowest BCUT2D eigenvalue weighted by Crippen LogP contribution is -1.86. The summed E-state index contributed by atoms with van der Waals surface area (Å²) < 4.78 is 4.75. The Balaban J connectivity index is 3.34. The van der Waals surface area contributed by atoms with E-state index in [-0.39, 0.29) is 22.7 Å². The van der Waals surface area contributed by atoms with Crippen LogP contribution < -0.4 is 4.74 Å². The van der Waals surface area contributed by atoms with Gasteiger partial charge in [-0.2, -0.15) is 0 Å². The summed E-state index contributed by atoms with van der Waals surface area (Å²) in [6, 6.07) is 2.33. The van der Waals surface area contributed by atoms with Gasteiger partial charge in [0, 0.05) is 6.07 Å². The molecular weight excluding hydrogens is 174 g/mol. The summed E-state index contributed by atoms with van der Waals surface area (Å²) in [6.45, 7) is 0. The molecule has 5 heteroatoms. The largest absolute Gasteiger partial charge is 0.507 e. The van der Waals surface area contributed by atoms with Crippen molar-refractivity contribution in [1.29, 1.82) is 0 Å². The molecule has 1 rings (SSSR count). The maximum atomic E-state index is 10.4. The number of phenolic OH excluding ortho intramolecular Hbond substituents is 1. The number of hydrogen-bond acceptors (Lipinski definition) is 5. The van der Waals surface area contributed by atoms with Crippen LogP contribution in [0.3, 0.4) is 0 Å². The average molecular weight is 181 g/mol. The Kier molecular flexibility index (Phi) is 2.59.